The first-order chi connectivity index (χ1) is 12.9. The van der Waals surface area contributed by atoms with E-state index >= 15 is 0 Å². The van der Waals surface area contributed by atoms with Gasteiger partial charge in [-0.15, -0.1) is 0 Å². The van der Waals surface area contributed by atoms with E-state index in [1.807, 2.05) is 13.0 Å². The quantitative estimate of drug-likeness (QED) is 0.445. The highest BCUT2D eigenvalue weighted by atomic mass is 35.5. The summed E-state index contributed by atoms with van der Waals surface area (Å²) in [5.74, 6) is 0.0806. The summed E-state index contributed by atoms with van der Waals surface area (Å²) in [6, 6.07) is 1.85. The molecule has 0 saturated heterocycles. The highest BCUT2D eigenvalue weighted by Crippen LogP contribution is 2.57. The Morgan fingerprint density at radius 2 is 2.04 bits per heavy atom. The van der Waals surface area contributed by atoms with Crippen molar-refractivity contribution in [2.45, 2.75) is 52.4 Å². The fraction of sp³-hybridized carbons (Fsp3) is 0.524. The molecule has 6 heteroatoms. The van der Waals surface area contributed by atoms with Crippen molar-refractivity contribution in [2.24, 2.45) is 5.41 Å². The van der Waals surface area contributed by atoms with Gasteiger partial charge in [-0.3, -0.25) is 4.79 Å². The molecule has 0 heterocycles. The lowest BCUT2D eigenvalue weighted by Gasteiger charge is -2.32. The molecule has 3 rings (SSSR count). The van der Waals surface area contributed by atoms with Gasteiger partial charge < -0.3 is 9.47 Å². The first kappa shape index (κ1) is 20.2. The Morgan fingerprint density at radius 3 is 2.74 bits per heavy atom. The molecule has 0 saturated carbocycles. The van der Waals surface area contributed by atoms with Crippen LogP contribution in [0.1, 0.15) is 57.1 Å². The number of esters is 1. The van der Waals surface area contributed by atoms with Crippen LogP contribution in [-0.4, -0.2) is 25.0 Å². The van der Waals surface area contributed by atoms with Gasteiger partial charge in [0.25, 0.3) is 0 Å². The molecule has 1 aromatic carbocycles. The smallest absolute Gasteiger partial charge is 0.344 e. The number of unbranched alkanes of at least 4 members (excludes halogenated alkanes) is 1. The fourth-order valence-corrected chi connectivity index (χ4v) is 4.48. The third-order valence-corrected chi connectivity index (χ3v) is 6.41. The van der Waals surface area contributed by atoms with Crippen LogP contribution in [0.2, 0.25) is 10.0 Å². The van der Waals surface area contributed by atoms with Crippen LogP contribution in [0.3, 0.4) is 0 Å². The molecule has 0 aliphatic heterocycles. The fourth-order valence-electron chi connectivity index (χ4n) is 3.96. The molecular weight excluding hydrogens is 387 g/mol. The third-order valence-electron chi connectivity index (χ3n) is 5.56. The lowest BCUT2D eigenvalue weighted by atomic mass is 9.71. The average molecular weight is 411 g/mol. The maximum Gasteiger partial charge on any atom is 0.344 e. The van der Waals surface area contributed by atoms with Crippen molar-refractivity contribution in [3.05, 3.63) is 33.3 Å². The van der Waals surface area contributed by atoms with Crippen molar-refractivity contribution in [3.63, 3.8) is 0 Å². The Kier molecular flexibility index (Phi) is 6.17. The van der Waals surface area contributed by atoms with Crippen molar-refractivity contribution >= 4 is 40.5 Å². The summed E-state index contributed by atoms with van der Waals surface area (Å²) in [5, 5.41) is 0.655. The number of hydrogen-bond donors (Lipinski definition) is 0. The molecule has 0 radical (unpaired) electrons. The number of hydrogen-bond acceptors (Lipinski definition) is 4. The number of rotatable bonds is 7. The summed E-state index contributed by atoms with van der Waals surface area (Å²) in [7, 11) is 0. The van der Waals surface area contributed by atoms with Crippen LogP contribution in [0.5, 0.6) is 5.75 Å². The topological polar surface area (TPSA) is 52.6 Å². The minimum absolute atomic E-state index is 0.0685. The van der Waals surface area contributed by atoms with Gasteiger partial charge in [0.1, 0.15) is 10.8 Å². The number of allylic oxidation sites excluding steroid dienone is 2. The highest BCUT2D eigenvalue weighted by Gasteiger charge is 2.44. The predicted octanol–water partition coefficient (Wildman–Crippen LogP) is 5.41. The van der Waals surface area contributed by atoms with E-state index in [0.29, 0.717) is 23.8 Å². The van der Waals surface area contributed by atoms with Gasteiger partial charge in [0, 0.05) is 17.4 Å². The molecule has 0 bridgehead atoms. The van der Waals surface area contributed by atoms with E-state index in [1.54, 1.807) is 6.08 Å². The molecule has 2 aliphatic carbocycles. The molecule has 0 fully saturated rings. The molecule has 27 heavy (non-hydrogen) atoms. The van der Waals surface area contributed by atoms with Crippen molar-refractivity contribution in [2.75, 3.05) is 13.2 Å². The van der Waals surface area contributed by atoms with E-state index < -0.39 is 5.97 Å². The molecular formula is C21H24Cl2O4. The van der Waals surface area contributed by atoms with Gasteiger partial charge in [-0.2, -0.15) is 0 Å². The monoisotopic (exact) mass is 410 g/mol. The summed E-state index contributed by atoms with van der Waals surface area (Å²) in [6.07, 6.45) is 6.61. The molecule has 0 spiro atoms. The standard InChI is InChI=1S/C21H24Cl2O4/c1-3-5-8-26-17(25)12-27-16-9-13-11-21(4-2)7-6-14(24)10-15(21)18(13)20(23)19(16)22/h9-10H,3-8,11-12H2,1-2H3. The second kappa shape index (κ2) is 8.24. The van der Waals surface area contributed by atoms with Crippen LogP contribution in [0.4, 0.5) is 0 Å². The maximum absolute atomic E-state index is 12.0. The van der Waals surface area contributed by atoms with Gasteiger partial charge in [0.15, 0.2) is 12.4 Å². The number of carbonyl (C=O) groups is 2. The Balaban J connectivity index is 1.84. The number of fused-ring (bicyclic) bond motifs is 3. The Labute approximate surface area is 169 Å². The highest BCUT2D eigenvalue weighted by molar-refractivity contribution is 6.44. The van der Waals surface area contributed by atoms with Crippen LogP contribution in [0.25, 0.3) is 5.57 Å². The van der Waals surface area contributed by atoms with Gasteiger partial charge in [-0.05, 0) is 49.0 Å². The zero-order valence-electron chi connectivity index (χ0n) is 15.7. The van der Waals surface area contributed by atoms with Crippen LogP contribution in [-0.2, 0) is 20.7 Å². The number of carbonyl (C=O) groups excluding carboxylic acids is 2. The van der Waals surface area contributed by atoms with Crippen LogP contribution in [0, 0.1) is 5.41 Å². The molecule has 4 nitrogen and oxygen atoms in total. The van der Waals surface area contributed by atoms with E-state index in [2.05, 4.69) is 6.92 Å². The molecule has 0 amide bonds. The first-order valence-corrected chi connectivity index (χ1v) is 10.2. The minimum Gasteiger partial charge on any atom is -0.480 e. The van der Waals surface area contributed by atoms with Crippen molar-refractivity contribution in [1.82, 2.24) is 0 Å². The molecule has 146 valence electrons. The second-order valence-corrected chi connectivity index (χ2v) is 7.99. The van der Waals surface area contributed by atoms with Crippen LogP contribution < -0.4 is 4.74 Å². The first-order valence-electron chi connectivity index (χ1n) is 9.46. The van der Waals surface area contributed by atoms with Gasteiger partial charge in [0.2, 0.25) is 0 Å². The lowest BCUT2D eigenvalue weighted by molar-refractivity contribution is -0.146. The molecule has 0 N–H and O–H groups in total. The van der Waals surface area contributed by atoms with Crippen LogP contribution in [0.15, 0.2) is 12.1 Å². The minimum atomic E-state index is -0.428. The molecule has 0 aromatic heterocycles. The Bertz CT molecular complexity index is 800. The van der Waals surface area contributed by atoms with Gasteiger partial charge in [-0.1, -0.05) is 43.5 Å². The lowest BCUT2D eigenvalue weighted by Crippen LogP contribution is -2.24. The zero-order chi connectivity index (χ0) is 19.6. The maximum atomic E-state index is 12.0. The average Bonchev–Trinajstić information content (AvgIpc) is 2.98. The van der Waals surface area contributed by atoms with E-state index in [9.17, 15) is 9.59 Å². The zero-order valence-corrected chi connectivity index (χ0v) is 17.2. The van der Waals surface area contributed by atoms with Crippen molar-refractivity contribution in [1.29, 1.82) is 0 Å². The summed E-state index contributed by atoms with van der Waals surface area (Å²) < 4.78 is 10.7. The van der Waals surface area contributed by atoms with Crippen molar-refractivity contribution in [3.8, 4) is 5.75 Å². The SMILES string of the molecule is CCCCOC(=O)COc1cc2c(c(Cl)c1Cl)C1=CC(=O)CCC1(CC)C2. The number of halogens is 2. The number of benzene rings is 1. The van der Waals surface area contributed by atoms with Gasteiger partial charge >= 0.3 is 5.97 Å². The van der Waals surface area contributed by atoms with Crippen molar-refractivity contribution < 1.29 is 19.1 Å². The summed E-state index contributed by atoms with van der Waals surface area (Å²) in [4.78, 5) is 23.8. The van der Waals surface area contributed by atoms with Gasteiger partial charge in [-0.25, -0.2) is 4.79 Å². The van der Waals surface area contributed by atoms with Gasteiger partial charge in [0.05, 0.1) is 11.6 Å². The predicted molar refractivity (Wildman–Crippen MR) is 106 cm³/mol. The molecule has 2 aliphatic rings. The van der Waals surface area contributed by atoms with E-state index in [-0.39, 0.29) is 22.8 Å². The summed E-state index contributed by atoms with van der Waals surface area (Å²) in [6.45, 7) is 4.34. The van der Waals surface area contributed by atoms with E-state index in [0.717, 1.165) is 48.8 Å². The largest absolute Gasteiger partial charge is 0.480 e. The normalized spacial score (nSPS) is 20.7. The second-order valence-electron chi connectivity index (χ2n) is 7.23. The van der Waals surface area contributed by atoms with E-state index in [4.69, 9.17) is 32.7 Å². The molecule has 1 unspecified atom stereocenters. The summed E-state index contributed by atoms with van der Waals surface area (Å²) >= 11 is 13.0. The summed E-state index contributed by atoms with van der Waals surface area (Å²) in [5.41, 5.74) is 2.80. The number of ketones is 1. The van der Waals surface area contributed by atoms with E-state index in [1.165, 1.54) is 0 Å². The molecule has 1 atom stereocenters. The Hall–Kier alpha value is -1.52. The third kappa shape index (κ3) is 3.88. The number of ether oxygens (including phenoxy) is 2. The molecule has 1 aromatic rings. The van der Waals surface area contributed by atoms with Crippen LogP contribution >= 0.6 is 23.2 Å². The Morgan fingerprint density at radius 1 is 1.26 bits per heavy atom.